The third kappa shape index (κ3) is 4.30. The van der Waals surface area contributed by atoms with E-state index in [9.17, 15) is 4.79 Å². The predicted octanol–water partition coefficient (Wildman–Crippen LogP) is 3.09. The molecular weight excluding hydrogens is 278 g/mol. The number of methoxy groups -OCH3 is 2. The van der Waals surface area contributed by atoms with Crippen LogP contribution in [-0.2, 0) is 0 Å². The Labute approximate surface area is 125 Å². The van der Waals surface area contributed by atoms with Crippen molar-refractivity contribution >= 4 is 17.5 Å². The largest absolute Gasteiger partial charge is 0.497 e. The molecule has 0 aliphatic carbocycles. The summed E-state index contributed by atoms with van der Waals surface area (Å²) in [5, 5.41) is 3.00. The molecule has 0 bridgehead atoms. The highest BCUT2D eigenvalue weighted by Crippen LogP contribution is 2.24. The second kappa shape index (κ2) is 8.00. The fraction of sp³-hybridized carbons (Fsp3) is 0.533. The van der Waals surface area contributed by atoms with Crippen LogP contribution in [-0.4, -0.2) is 32.0 Å². The zero-order chi connectivity index (χ0) is 15.1. The van der Waals surface area contributed by atoms with Gasteiger partial charge in [0.1, 0.15) is 11.5 Å². The SMILES string of the molecule is COc1ccc(C(=O)NC(CCCl)C(C)C)c(OC)c1. The highest BCUT2D eigenvalue weighted by Gasteiger charge is 2.19. The number of rotatable bonds is 7. The fourth-order valence-corrected chi connectivity index (χ4v) is 2.16. The average molecular weight is 300 g/mol. The van der Waals surface area contributed by atoms with Gasteiger partial charge in [-0.1, -0.05) is 13.8 Å². The average Bonchev–Trinajstić information content (AvgIpc) is 2.45. The fourth-order valence-electron chi connectivity index (χ4n) is 1.92. The summed E-state index contributed by atoms with van der Waals surface area (Å²) in [4.78, 5) is 12.3. The number of ether oxygens (including phenoxy) is 2. The normalized spacial score (nSPS) is 12.1. The molecule has 0 aliphatic rings. The number of alkyl halides is 1. The van der Waals surface area contributed by atoms with Gasteiger partial charge in [0.2, 0.25) is 0 Å². The number of halogens is 1. The van der Waals surface area contributed by atoms with E-state index in [2.05, 4.69) is 19.2 Å². The van der Waals surface area contributed by atoms with Gasteiger partial charge < -0.3 is 14.8 Å². The summed E-state index contributed by atoms with van der Waals surface area (Å²) in [6, 6.07) is 5.18. The Morgan fingerprint density at radius 3 is 2.50 bits per heavy atom. The summed E-state index contributed by atoms with van der Waals surface area (Å²) >= 11 is 5.78. The molecular formula is C15H22ClNO3. The number of hydrogen-bond donors (Lipinski definition) is 1. The Hall–Kier alpha value is -1.42. The molecule has 0 saturated carbocycles. The highest BCUT2D eigenvalue weighted by atomic mass is 35.5. The van der Waals surface area contributed by atoms with Gasteiger partial charge in [-0.3, -0.25) is 4.79 Å². The lowest BCUT2D eigenvalue weighted by molar-refractivity contribution is 0.0922. The standard InChI is InChI=1S/C15H22ClNO3/c1-10(2)13(7-8-16)17-15(18)12-6-5-11(19-3)9-14(12)20-4/h5-6,9-10,13H,7-8H2,1-4H3,(H,17,18). The van der Waals surface area contributed by atoms with Crippen molar-refractivity contribution in [1.29, 1.82) is 0 Å². The molecule has 20 heavy (non-hydrogen) atoms. The summed E-state index contributed by atoms with van der Waals surface area (Å²) in [6.07, 6.45) is 0.740. The van der Waals surface area contributed by atoms with Crippen molar-refractivity contribution in [2.75, 3.05) is 20.1 Å². The summed E-state index contributed by atoms with van der Waals surface area (Å²) in [7, 11) is 3.11. The summed E-state index contributed by atoms with van der Waals surface area (Å²) in [5.41, 5.74) is 0.494. The maximum atomic E-state index is 12.3. The van der Waals surface area contributed by atoms with Crippen LogP contribution in [0, 0.1) is 5.92 Å². The smallest absolute Gasteiger partial charge is 0.255 e. The van der Waals surface area contributed by atoms with Crippen LogP contribution in [0.5, 0.6) is 11.5 Å². The van der Waals surface area contributed by atoms with Crippen LogP contribution in [0.3, 0.4) is 0 Å². The molecule has 0 fully saturated rings. The Morgan fingerprint density at radius 2 is 2.00 bits per heavy atom. The number of amides is 1. The Morgan fingerprint density at radius 1 is 1.30 bits per heavy atom. The molecule has 1 aromatic carbocycles. The first-order valence-electron chi connectivity index (χ1n) is 6.62. The van der Waals surface area contributed by atoms with E-state index in [1.54, 1.807) is 25.3 Å². The zero-order valence-corrected chi connectivity index (χ0v) is 13.2. The van der Waals surface area contributed by atoms with Crippen molar-refractivity contribution in [3.63, 3.8) is 0 Å². The minimum atomic E-state index is -0.159. The van der Waals surface area contributed by atoms with E-state index < -0.39 is 0 Å². The van der Waals surface area contributed by atoms with Gasteiger partial charge in [0.15, 0.2) is 0 Å². The molecule has 1 amide bonds. The summed E-state index contributed by atoms with van der Waals surface area (Å²) in [6.45, 7) is 4.12. The third-order valence-corrected chi connectivity index (χ3v) is 3.41. The van der Waals surface area contributed by atoms with Crippen molar-refractivity contribution in [2.45, 2.75) is 26.3 Å². The van der Waals surface area contributed by atoms with E-state index in [4.69, 9.17) is 21.1 Å². The van der Waals surface area contributed by atoms with Crippen LogP contribution in [0.15, 0.2) is 18.2 Å². The Balaban J connectivity index is 2.90. The van der Waals surface area contributed by atoms with E-state index in [1.165, 1.54) is 7.11 Å². The van der Waals surface area contributed by atoms with E-state index in [0.29, 0.717) is 28.9 Å². The number of carbonyl (C=O) groups excluding carboxylic acids is 1. The van der Waals surface area contributed by atoms with Crippen LogP contribution in [0.4, 0.5) is 0 Å². The van der Waals surface area contributed by atoms with E-state index >= 15 is 0 Å². The molecule has 1 rings (SSSR count). The Bertz CT molecular complexity index is 449. The first-order valence-corrected chi connectivity index (χ1v) is 7.15. The maximum absolute atomic E-state index is 12.3. The lowest BCUT2D eigenvalue weighted by atomic mass is 10.0. The molecule has 1 unspecified atom stereocenters. The lowest BCUT2D eigenvalue weighted by Gasteiger charge is -2.22. The lowest BCUT2D eigenvalue weighted by Crippen LogP contribution is -2.39. The number of carbonyl (C=O) groups is 1. The van der Waals surface area contributed by atoms with Gasteiger partial charge in [-0.05, 0) is 24.5 Å². The summed E-state index contributed by atoms with van der Waals surface area (Å²) < 4.78 is 10.4. The van der Waals surface area contributed by atoms with Gasteiger partial charge in [-0.25, -0.2) is 0 Å². The molecule has 112 valence electrons. The molecule has 1 N–H and O–H groups in total. The van der Waals surface area contributed by atoms with Gasteiger partial charge in [0.05, 0.1) is 19.8 Å². The third-order valence-electron chi connectivity index (χ3n) is 3.19. The molecule has 1 atom stereocenters. The Kier molecular flexibility index (Phi) is 6.65. The molecule has 0 spiro atoms. The van der Waals surface area contributed by atoms with Crippen molar-refractivity contribution in [3.8, 4) is 11.5 Å². The van der Waals surface area contributed by atoms with Crippen LogP contribution in [0.1, 0.15) is 30.6 Å². The molecule has 0 heterocycles. The van der Waals surface area contributed by atoms with Crippen molar-refractivity contribution < 1.29 is 14.3 Å². The van der Waals surface area contributed by atoms with E-state index in [1.807, 2.05) is 0 Å². The second-order valence-corrected chi connectivity index (χ2v) is 5.25. The minimum Gasteiger partial charge on any atom is -0.497 e. The quantitative estimate of drug-likeness (QED) is 0.787. The molecule has 0 aromatic heterocycles. The molecule has 0 aliphatic heterocycles. The highest BCUT2D eigenvalue weighted by molar-refractivity contribution is 6.17. The van der Waals surface area contributed by atoms with Crippen molar-refractivity contribution in [3.05, 3.63) is 23.8 Å². The predicted molar refractivity (Wildman–Crippen MR) is 81.0 cm³/mol. The summed E-state index contributed by atoms with van der Waals surface area (Å²) in [5.74, 6) is 1.83. The van der Waals surface area contributed by atoms with E-state index in [-0.39, 0.29) is 11.9 Å². The van der Waals surface area contributed by atoms with Crippen LogP contribution in [0.25, 0.3) is 0 Å². The number of nitrogens with one attached hydrogen (secondary N) is 1. The molecule has 1 aromatic rings. The maximum Gasteiger partial charge on any atom is 0.255 e. The number of benzene rings is 1. The van der Waals surface area contributed by atoms with Crippen LogP contribution in [0.2, 0.25) is 0 Å². The zero-order valence-electron chi connectivity index (χ0n) is 12.4. The van der Waals surface area contributed by atoms with Gasteiger partial charge in [-0.2, -0.15) is 0 Å². The topological polar surface area (TPSA) is 47.6 Å². The minimum absolute atomic E-state index is 0.0480. The van der Waals surface area contributed by atoms with E-state index in [0.717, 1.165) is 6.42 Å². The van der Waals surface area contributed by atoms with Crippen LogP contribution < -0.4 is 14.8 Å². The van der Waals surface area contributed by atoms with Gasteiger partial charge >= 0.3 is 0 Å². The number of hydrogen-bond acceptors (Lipinski definition) is 3. The van der Waals surface area contributed by atoms with Gasteiger partial charge in [0.25, 0.3) is 5.91 Å². The van der Waals surface area contributed by atoms with Crippen molar-refractivity contribution in [1.82, 2.24) is 5.32 Å². The van der Waals surface area contributed by atoms with Gasteiger partial charge in [-0.15, -0.1) is 11.6 Å². The van der Waals surface area contributed by atoms with Gasteiger partial charge in [0, 0.05) is 18.0 Å². The molecule has 0 radical (unpaired) electrons. The van der Waals surface area contributed by atoms with Crippen LogP contribution >= 0.6 is 11.6 Å². The monoisotopic (exact) mass is 299 g/mol. The molecule has 0 saturated heterocycles. The first-order chi connectivity index (χ1) is 9.53. The van der Waals surface area contributed by atoms with Crippen molar-refractivity contribution in [2.24, 2.45) is 5.92 Å². The second-order valence-electron chi connectivity index (χ2n) is 4.87. The molecule has 4 nitrogen and oxygen atoms in total. The first kappa shape index (κ1) is 16.6. The molecule has 5 heteroatoms.